The number of benzene rings is 1. The number of carbonyl (C=O) groups excluding carboxylic acids is 6. The maximum atomic E-state index is 15.6. The Balaban J connectivity index is 1.23. The summed E-state index contributed by atoms with van der Waals surface area (Å²) in [5.41, 5.74) is 2.25. The molecule has 5 aliphatic rings. The Labute approximate surface area is 327 Å². The van der Waals surface area contributed by atoms with Gasteiger partial charge < -0.3 is 25.8 Å². The molecule has 1 unspecified atom stereocenters. The first kappa shape index (κ1) is 38.7. The summed E-state index contributed by atoms with van der Waals surface area (Å²) in [7, 11) is 0. The molecule has 292 valence electrons. The van der Waals surface area contributed by atoms with Crippen LogP contribution in [0.5, 0.6) is 0 Å². The fraction of sp³-hybridized carbons (Fsp3) is 0.535. The summed E-state index contributed by atoms with van der Waals surface area (Å²) in [6.45, 7) is 12.2. The smallest absolute Gasteiger partial charge is 0.289 e. The summed E-state index contributed by atoms with van der Waals surface area (Å²) in [6.07, 6.45) is 8.87. The highest BCUT2D eigenvalue weighted by Gasteiger charge is 2.65. The van der Waals surface area contributed by atoms with Gasteiger partial charge in [-0.1, -0.05) is 94.5 Å². The zero-order chi connectivity index (χ0) is 39.0. The lowest BCUT2D eigenvalue weighted by Crippen LogP contribution is -2.83. The number of hydrogen-bond donors (Lipinski definition) is 3. The lowest BCUT2D eigenvalue weighted by Gasteiger charge is -2.62. The predicted molar refractivity (Wildman–Crippen MR) is 210 cm³/mol. The fourth-order valence-electron chi connectivity index (χ4n) is 9.87. The summed E-state index contributed by atoms with van der Waals surface area (Å²) in [5.74, 6) is -3.42. The molecule has 2 aliphatic heterocycles. The van der Waals surface area contributed by atoms with E-state index in [1.165, 1.54) is 17.4 Å². The average Bonchev–Trinajstić information content (AvgIpc) is 3.51. The molecule has 3 heterocycles. The van der Waals surface area contributed by atoms with E-state index in [4.69, 9.17) is 0 Å². The fourth-order valence-corrected chi connectivity index (χ4v) is 10.5. The second-order valence-electron chi connectivity index (χ2n) is 16.6. The van der Waals surface area contributed by atoms with Gasteiger partial charge in [-0.25, -0.2) is 0 Å². The Morgan fingerprint density at radius 2 is 1.69 bits per heavy atom. The number of thiophene rings is 1. The van der Waals surface area contributed by atoms with Crippen molar-refractivity contribution < 1.29 is 28.8 Å². The van der Waals surface area contributed by atoms with Gasteiger partial charge in [0.05, 0.1) is 16.5 Å². The standard InChI is InChI=1S/C43H53N5O6S/c1-5-19-44-40(52)36(49)31(21-27-15-16-27)45-39(51)35-33(25(2)3)26(4)24-47(35)41(53)34(30-22-28-12-7-8-13-29(28)23-30)48-42(54)37(43(48)17-9-6-10-18-43)46-38(50)32-14-11-20-55-32/h5,7-8,11-14,20,25,27,30-31,33-35,37H,1,4,6,9-10,15-19,21-24H2,2-3H3,(H,44,52)(H,45,51)(H,46,50)/t31?,33-,34-,35-,37+/m0/s1. The van der Waals surface area contributed by atoms with Crippen molar-refractivity contribution >= 4 is 46.7 Å². The largest absolute Gasteiger partial charge is 0.346 e. The number of likely N-dealkylation sites (tertiary alicyclic amines) is 2. The van der Waals surface area contributed by atoms with Crippen LogP contribution in [0.4, 0.5) is 0 Å². The van der Waals surface area contributed by atoms with Crippen LogP contribution < -0.4 is 16.0 Å². The summed E-state index contributed by atoms with van der Waals surface area (Å²) >= 11 is 1.32. The third-order valence-corrected chi connectivity index (χ3v) is 13.5. The van der Waals surface area contributed by atoms with Crippen molar-refractivity contribution in [3.63, 3.8) is 0 Å². The van der Waals surface area contributed by atoms with Crippen LogP contribution in [0.15, 0.2) is 66.6 Å². The molecule has 5 amide bonds. The molecule has 11 nitrogen and oxygen atoms in total. The van der Waals surface area contributed by atoms with Crippen molar-refractivity contribution in [3.8, 4) is 0 Å². The monoisotopic (exact) mass is 767 g/mol. The Morgan fingerprint density at radius 1 is 1.00 bits per heavy atom. The predicted octanol–water partition coefficient (Wildman–Crippen LogP) is 4.37. The molecule has 1 aromatic heterocycles. The molecular formula is C43H53N5O6S. The highest BCUT2D eigenvalue weighted by Crippen LogP contribution is 2.49. The van der Waals surface area contributed by atoms with Crippen LogP contribution in [0.2, 0.25) is 0 Å². The highest BCUT2D eigenvalue weighted by atomic mass is 32.1. The molecule has 4 fully saturated rings. The molecule has 2 aromatic rings. The third kappa shape index (κ3) is 7.42. The van der Waals surface area contributed by atoms with E-state index in [1.807, 2.05) is 31.4 Å². The van der Waals surface area contributed by atoms with E-state index in [2.05, 4.69) is 41.2 Å². The van der Waals surface area contributed by atoms with E-state index >= 15 is 4.79 Å². The Bertz CT molecular complexity index is 1840. The number of Topliss-reactive ketones (excluding diaryl/α,β-unsaturated/α-hetero) is 1. The topological polar surface area (TPSA) is 145 Å². The van der Waals surface area contributed by atoms with E-state index in [9.17, 15) is 24.0 Å². The highest BCUT2D eigenvalue weighted by molar-refractivity contribution is 7.12. The lowest BCUT2D eigenvalue weighted by molar-refractivity contribution is -0.183. The molecule has 1 aromatic carbocycles. The minimum atomic E-state index is -1.04. The summed E-state index contributed by atoms with van der Waals surface area (Å²) in [6, 6.07) is 7.96. The first-order valence-electron chi connectivity index (χ1n) is 19.9. The van der Waals surface area contributed by atoms with Crippen LogP contribution in [-0.2, 0) is 36.8 Å². The first-order chi connectivity index (χ1) is 26.4. The van der Waals surface area contributed by atoms with Gasteiger partial charge in [0.2, 0.25) is 23.5 Å². The van der Waals surface area contributed by atoms with E-state index in [0.717, 1.165) is 48.8 Å². The van der Waals surface area contributed by atoms with Gasteiger partial charge in [-0.05, 0) is 72.4 Å². The zero-order valence-electron chi connectivity index (χ0n) is 31.9. The Hall–Kier alpha value is -4.58. The van der Waals surface area contributed by atoms with Crippen molar-refractivity contribution in [2.75, 3.05) is 13.1 Å². The first-order valence-corrected chi connectivity index (χ1v) is 20.8. The Morgan fingerprint density at radius 3 is 2.29 bits per heavy atom. The molecule has 2 saturated heterocycles. The van der Waals surface area contributed by atoms with Crippen LogP contribution in [0.3, 0.4) is 0 Å². The molecule has 12 heteroatoms. The molecule has 0 radical (unpaired) electrons. The van der Waals surface area contributed by atoms with Crippen LogP contribution in [0, 0.1) is 23.7 Å². The molecule has 1 spiro atoms. The van der Waals surface area contributed by atoms with Gasteiger partial charge >= 0.3 is 0 Å². The molecule has 3 N–H and O–H groups in total. The molecule has 2 saturated carbocycles. The van der Waals surface area contributed by atoms with Crippen LogP contribution in [-0.4, -0.2) is 87.9 Å². The van der Waals surface area contributed by atoms with E-state index in [-0.39, 0.29) is 48.6 Å². The van der Waals surface area contributed by atoms with E-state index in [1.54, 1.807) is 21.9 Å². The number of nitrogens with zero attached hydrogens (tertiary/aromatic N) is 2. The van der Waals surface area contributed by atoms with Gasteiger partial charge in [-0.3, -0.25) is 28.8 Å². The van der Waals surface area contributed by atoms with Gasteiger partial charge in [-0.15, -0.1) is 17.9 Å². The van der Waals surface area contributed by atoms with Crippen LogP contribution >= 0.6 is 11.3 Å². The number of hydrogen-bond acceptors (Lipinski definition) is 7. The average molecular weight is 768 g/mol. The number of rotatable bonds is 14. The van der Waals surface area contributed by atoms with Gasteiger partial charge in [0.25, 0.3) is 11.8 Å². The maximum absolute atomic E-state index is 15.6. The normalized spacial score (nSPS) is 24.2. The van der Waals surface area contributed by atoms with Gasteiger partial charge in [0, 0.05) is 19.0 Å². The van der Waals surface area contributed by atoms with Crippen LogP contribution in [0.25, 0.3) is 0 Å². The molecular weight excluding hydrogens is 715 g/mol. The number of β-lactam (4-membered cyclic amide) rings is 1. The number of amides is 5. The van der Waals surface area contributed by atoms with Crippen molar-refractivity contribution in [2.24, 2.45) is 23.7 Å². The number of nitrogens with one attached hydrogen (secondary N) is 3. The zero-order valence-corrected chi connectivity index (χ0v) is 32.7. The molecule has 5 atom stereocenters. The molecule has 3 aliphatic carbocycles. The van der Waals surface area contributed by atoms with Crippen molar-refractivity contribution in [2.45, 2.75) is 108 Å². The van der Waals surface area contributed by atoms with Crippen molar-refractivity contribution in [3.05, 3.63) is 82.6 Å². The van der Waals surface area contributed by atoms with Crippen molar-refractivity contribution in [1.82, 2.24) is 25.8 Å². The van der Waals surface area contributed by atoms with Crippen molar-refractivity contribution in [1.29, 1.82) is 0 Å². The molecule has 0 bridgehead atoms. The minimum Gasteiger partial charge on any atom is -0.346 e. The number of ketones is 1. The minimum absolute atomic E-state index is 0.0733. The summed E-state index contributed by atoms with van der Waals surface area (Å²) in [5, 5.41) is 10.4. The quantitative estimate of drug-likeness (QED) is 0.148. The summed E-state index contributed by atoms with van der Waals surface area (Å²) in [4.78, 5) is 88.4. The van der Waals surface area contributed by atoms with Crippen LogP contribution in [0.1, 0.15) is 86.0 Å². The second kappa shape index (κ2) is 15.9. The third-order valence-electron chi connectivity index (χ3n) is 12.6. The lowest BCUT2D eigenvalue weighted by atomic mass is 9.66. The van der Waals surface area contributed by atoms with E-state index in [0.29, 0.717) is 37.0 Å². The van der Waals surface area contributed by atoms with Gasteiger partial charge in [0.1, 0.15) is 18.1 Å². The molecule has 7 rings (SSSR count). The SMILES string of the molecule is C=CCNC(=O)C(=O)C(CC1CC1)NC(=O)[C@@H]1[C@@H](C(C)C)C(=C)CN1C(=O)[C@H](C1Cc2ccccc2C1)N1C(=O)[C@@H](NC(=O)c2cccs2)C12CCCCC2. The van der Waals surface area contributed by atoms with E-state index < -0.39 is 53.2 Å². The number of carbonyl (C=O) groups is 6. The Kier molecular flexibility index (Phi) is 11.2. The van der Waals surface area contributed by atoms with Gasteiger partial charge in [0.15, 0.2) is 0 Å². The summed E-state index contributed by atoms with van der Waals surface area (Å²) < 4.78 is 0. The molecule has 55 heavy (non-hydrogen) atoms. The second-order valence-corrected chi connectivity index (χ2v) is 17.5. The van der Waals surface area contributed by atoms with Gasteiger partial charge in [-0.2, -0.15) is 0 Å². The number of fused-ring (bicyclic) bond motifs is 1. The maximum Gasteiger partial charge on any atom is 0.289 e.